The fourth-order valence-electron chi connectivity index (χ4n) is 0.738. The summed E-state index contributed by atoms with van der Waals surface area (Å²) in [6.45, 7) is 6.16. The molecule has 0 saturated carbocycles. The van der Waals surface area contributed by atoms with Crippen LogP contribution in [0.1, 0.15) is 20.8 Å². The summed E-state index contributed by atoms with van der Waals surface area (Å²) in [4.78, 5) is 11.0. The number of carbonyl (C=O) groups is 1. The van der Waals surface area contributed by atoms with Gasteiger partial charge >= 0.3 is 5.97 Å². The van der Waals surface area contributed by atoms with Crippen molar-refractivity contribution in [2.24, 2.45) is 0 Å². The summed E-state index contributed by atoms with van der Waals surface area (Å²) in [5.74, 6) is 0.0288. The standard InChI is InChI=1S/C9H15ClO3/c1-4-12-8(7(3)10)6-9(11)13-5-2/h6-7H,4-5H2,1-3H3/b8-6+. The minimum atomic E-state index is -0.418. The second-order valence-electron chi connectivity index (χ2n) is 2.35. The van der Waals surface area contributed by atoms with Crippen LogP contribution in [0.3, 0.4) is 0 Å². The van der Waals surface area contributed by atoms with Gasteiger partial charge in [-0.3, -0.25) is 0 Å². The Labute approximate surface area is 83.7 Å². The third-order valence-corrected chi connectivity index (χ3v) is 1.46. The number of esters is 1. The molecule has 0 N–H and O–H groups in total. The molecule has 0 aromatic rings. The summed E-state index contributed by atoms with van der Waals surface area (Å²) in [5.41, 5.74) is 0. The van der Waals surface area contributed by atoms with Gasteiger partial charge in [0.2, 0.25) is 0 Å². The van der Waals surface area contributed by atoms with E-state index in [4.69, 9.17) is 21.1 Å². The van der Waals surface area contributed by atoms with Crippen LogP contribution in [0.25, 0.3) is 0 Å². The van der Waals surface area contributed by atoms with Gasteiger partial charge in [-0.1, -0.05) is 0 Å². The maximum Gasteiger partial charge on any atom is 0.334 e. The maximum atomic E-state index is 11.0. The highest BCUT2D eigenvalue weighted by Gasteiger charge is 2.08. The van der Waals surface area contributed by atoms with Crippen molar-refractivity contribution < 1.29 is 14.3 Å². The molecule has 0 spiro atoms. The van der Waals surface area contributed by atoms with Gasteiger partial charge in [0.05, 0.1) is 24.7 Å². The van der Waals surface area contributed by atoms with Crippen LogP contribution < -0.4 is 0 Å². The first kappa shape index (κ1) is 12.3. The largest absolute Gasteiger partial charge is 0.496 e. The summed E-state index contributed by atoms with van der Waals surface area (Å²) >= 11 is 5.77. The molecule has 0 aliphatic rings. The highest BCUT2D eigenvalue weighted by Crippen LogP contribution is 2.10. The van der Waals surface area contributed by atoms with Crippen molar-refractivity contribution in [3.05, 3.63) is 11.8 Å². The lowest BCUT2D eigenvalue weighted by Crippen LogP contribution is -2.08. The third kappa shape index (κ3) is 5.53. The lowest BCUT2D eigenvalue weighted by Gasteiger charge is -2.09. The van der Waals surface area contributed by atoms with E-state index >= 15 is 0 Å². The van der Waals surface area contributed by atoms with Gasteiger partial charge in [0.15, 0.2) is 0 Å². The highest BCUT2D eigenvalue weighted by molar-refractivity contribution is 6.22. The molecule has 76 valence electrons. The van der Waals surface area contributed by atoms with E-state index in [0.717, 1.165) is 0 Å². The molecule has 4 heteroatoms. The van der Waals surface area contributed by atoms with Gasteiger partial charge in [-0.25, -0.2) is 4.79 Å². The lowest BCUT2D eigenvalue weighted by atomic mass is 10.3. The summed E-state index contributed by atoms with van der Waals surface area (Å²) in [5, 5.41) is -0.315. The minimum absolute atomic E-state index is 0.315. The van der Waals surface area contributed by atoms with E-state index in [9.17, 15) is 4.79 Å². The number of allylic oxidation sites excluding steroid dienone is 1. The Hall–Kier alpha value is -0.700. The quantitative estimate of drug-likeness (QED) is 0.299. The Morgan fingerprint density at radius 3 is 2.31 bits per heavy atom. The van der Waals surface area contributed by atoms with Crippen molar-refractivity contribution in [1.29, 1.82) is 0 Å². The molecule has 0 radical (unpaired) electrons. The van der Waals surface area contributed by atoms with Gasteiger partial charge in [0.1, 0.15) is 5.76 Å². The normalized spacial score (nSPS) is 13.7. The molecule has 0 bridgehead atoms. The number of rotatable bonds is 5. The van der Waals surface area contributed by atoms with Crippen molar-refractivity contribution in [2.45, 2.75) is 26.1 Å². The van der Waals surface area contributed by atoms with Gasteiger partial charge in [0.25, 0.3) is 0 Å². The predicted octanol–water partition coefficient (Wildman–Crippen LogP) is 2.10. The fourth-order valence-corrected chi connectivity index (χ4v) is 0.864. The highest BCUT2D eigenvalue weighted by atomic mass is 35.5. The molecule has 0 rings (SSSR count). The van der Waals surface area contributed by atoms with Crippen LogP contribution in [0.2, 0.25) is 0 Å². The van der Waals surface area contributed by atoms with E-state index < -0.39 is 5.97 Å². The van der Waals surface area contributed by atoms with Crippen LogP contribution in [-0.4, -0.2) is 24.6 Å². The average Bonchev–Trinajstić information content (AvgIpc) is 2.04. The molecule has 3 nitrogen and oxygen atoms in total. The Balaban J connectivity index is 4.25. The molecule has 0 saturated heterocycles. The first-order valence-electron chi connectivity index (χ1n) is 4.27. The average molecular weight is 207 g/mol. The third-order valence-electron chi connectivity index (χ3n) is 1.25. The number of hydrogen-bond acceptors (Lipinski definition) is 3. The number of alkyl halides is 1. The first-order valence-corrected chi connectivity index (χ1v) is 4.70. The molecule has 0 fully saturated rings. The van der Waals surface area contributed by atoms with Gasteiger partial charge in [-0.05, 0) is 20.8 Å². The van der Waals surface area contributed by atoms with E-state index in [0.29, 0.717) is 19.0 Å². The van der Waals surface area contributed by atoms with Crippen molar-refractivity contribution >= 4 is 17.6 Å². The summed E-state index contributed by atoms with van der Waals surface area (Å²) in [7, 11) is 0. The van der Waals surface area contributed by atoms with Gasteiger partial charge in [0, 0.05) is 0 Å². The Bertz CT molecular complexity index is 187. The summed E-state index contributed by atoms with van der Waals surface area (Å²) in [6, 6.07) is 0. The summed E-state index contributed by atoms with van der Waals surface area (Å²) < 4.78 is 9.86. The van der Waals surface area contributed by atoms with Gasteiger partial charge < -0.3 is 9.47 Å². The number of ether oxygens (including phenoxy) is 2. The molecular formula is C9H15ClO3. The van der Waals surface area contributed by atoms with E-state index in [1.165, 1.54) is 6.08 Å². The fraction of sp³-hybridized carbons (Fsp3) is 0.667. The van der Waals surface area contributed by atoms with Crippen molar-refractivity contribution in [1.82, 2.24) is 0 Å². The summed E-state index contributed by atoms with van der Waals surface area (Å²) in [6.07, 6.45) is 1.28. The topological polar surface area (TPSA) is 35.5 Å². The van der Waals surface area contributed by atoms with Crippen molar-refractivity contribution in [2.75, 3.05) is 13.2 Å². The monoisotopic (exact) mass is 206 g/mol. The molecular weight excluding hydrogens is 192 g/mol. The van der Waals surface area contributed by atoms with Crippen LogP contribution in [0, 0.1) is 0 Å². The van der Waals surface area contributed by atoms with Crippen molar-refractivity contribution in [3.63, 3.8) is 0 Å². The molecule has 0 aromatic heterocycles. The lowest BCUT2D eigenvalue weighted by molar-refractivity contribution is -0.137. The molecule has 0 aliphatic heterocycles. The Kier molecular flexibility index (Phi) is 6.41. The van der Waals surface area contributed by atoms with E-state index in [-0.39, 0.29) is 5.38 Å². The van der Waals surface area contributed by atoms with E-state index in [1.807, 2.05) is 6.92 Å². The SMILES string of the molecule is CCOC(=O)/C=C(/OCC)C(C)Cl. The number of carbonyl (C=O) groups excluding carboxylic acids is 1. The number of hydrogen-bond donors (Lipinski definition) is 0. The Morgan fingerprint density at radius 1 is 1.38 bits per heavy atom. The molecule has 1 atom stereocenters. The zero-order valence-electron chi connectivity index (χ0n) is 8.17. The second kappa shape index (κ2) is 6.78. The van der Waals surface area contributed by atoms with Crippen LogP contribution in [0.5, 0.6) is 0 Å². The van der Waals surface area contributed by atoms with Crippen LogP contribution >= 0.6 is 11.6 Å². The molecule has 1 unspecified atom stereocenters. The maximum absolute atomic E-state index is 11.0. The molecule has 13 heavy (non-hydrogen) atoms. The second-order valence-corrected chi connectivity index (χ2v) is 3.00. The molecule has 0 aliphatic carbocycles. The predicted molar refractivity (Wildman–Crippen MR) is 51.7 cm³/mol. The van der Waals surface area contributed by atoms with Crippen LogP contribution in [0.4, 0.5) is 0 Å². The van der Waals surface area contributed by atoms with Crippen LogP contribution in [-0.2, 0) is 14.3 Å². The zero-order valence-corrected chi connectivity index (χ0v) is 8.93. The molecule has 0 heterocycles. The van der Waals surface area contributed by atoms with Crippen molar-refractivity contribution in [3.8, 4) is 0 Å². The van der Waals surface area contributed by atoms with Crippen LogP contribution in [0.15, 0.2) is 11.8 Å². The number of halogens is 1. The first-order chi connectivity index (χ1) is 6.11. The Morgan fingerprint density at radius 2 is 1.92 bits per heavy atom. The molecule has 0 aromatic carbocycles. The molecule has 0 amide bonds. The smallest absolute Gasteiger partial charge is 0.334 e. The minimum Gasteiger partial charge on any atom is -0.496 e. The van der Waals surface area contributed by atoms with Gasteiger partial charge in [-0.15, -0.1) is 11.6 Å². The van der Waals surface area contributed by atoms with E-state index in [2.05, 4.69) is 0 Å². The van der Waals surface area contributed by atoms with E-state index in [1.54, 1.807) is 13.8 Å². The zero-order chi connectivity index (χ0) is 10.3. The van der Waals surface area contributed by atoms with Gasteiger partial charge in [-0.2, -0.15) is 0 Å².